The second-order valence-corrected chi connectivity index (χ2v) is 4.91. The van der Waals surface area contributed by atoms with E-state index < -0.39 is 0 Å². The predicted octanol–water partition coefficient (Wildman–Crippen LogP) is 1.36. The molecule has 0 radical (unpaired) electrons. The highest BCUT2D eigenvalue weighted by Crippen LogP contribution is 2.25. The molecule has 80 valence electrons. The summed E-state index contributed by atoms with van der Waals surface area (Å²) < 4.78 is 0. The number of rotatable bonds is 0. The summed E-state index contributed by atoms with van der Waals surface area (Å²) in [6, 6.07) is 0. The SMILES string of the molecule is CC(C)(C)C(=O)N1Cc2cncnc2C1. The highest BCUT2D eigenvalue weighted by atomic mass is 16.2. The first kappa shape index (κ1) is 10.1. The van der Waals surface area contributed by atoms with Crippen LogP contribution in [0.5, 0.6) is 0 Å². The summed E-state index contributed by atoms with van der Waals surface area (Å²) in [4.78, 5) is 22.0. The molecule has 0 saturated heterocycles. The zero-order valence-corrected chi connectivity index (χ0v) is 9.32. The number of aromatic nitrogens is 2. The second kappa shape index (κ2) is 3.29. The number of nitrogens with zero attached hydrogens (tertiary/aromatic N) is 3. The lowest BCUT2D eigenvalue weighted by molar-refractivity contribution is -0.140. The molecule has 0 saturated carbocycles. The van der Waals surface area contributed by atoms with Crippen molar-refractivity contribution in [3.8, 4) is 0 Å². The van der Waals surface area contributed by atoms with Crippen LogP contribution < -0.4 is 0 Å². The van der Waals surface area contributed by atoms with Crippen molar-refractivity contribution in [3.63, 3.8) is 0 Å². The maximum absolute atomic E-state index is 12.0. The Hall–Kier alpha value is -1.45. The molecule has 0 aliphatic carbocycles. The number of carbonyl (C=O) groups excluding carboxylic acids is 1. The molecule has 0 unspecified atom stereocenters. The minimum Gasteiger partial charge on any atom is -0.332 e. The normalized spacial score (nSPS) is 15.3. The van der Waals surface area contributed by atoms with E-state index >= 15 is 0 Å². The lowest BCUT2D eigenvalue weighted by Crippen LogP contribution is -2.35. The zero-order valence-electron chi connectivity index (χ0n) is 9.32. The summed E-state index contributed by atoms with van der Waals surface area (Å²) in [7, 11) is 0. The summed E-state index contributed by atoms with van der Waals surface area (Å²) in [5.41, 5.74) is 1.72. The van der Waals surface area contributed by atoms with Gasteiger partial charge in [0.05, 0.1) is 12.2 Å². The van der Waals surface area contributed by atoms with Crippen molar-refractivity contribution in [3.05, 3.63) is 23.8 Å². The molecular weight excluding hydrogens is 190 g/mol. The molecule has 1 aliphatic rings. The molecule has 0 N–H and O–H groups in total. The van der Waals surface area contributed by atoms with E-state index in [4.69, 9.17) is 0 Å². The van der Waals surface area contributed by atoms with Crippen molar-refractivity contribution >= 4 is 5.91 Å². The minimum atomic E-state index is -0.324. The van der Waals surface area contributed by atoms with Crippen molar-refractivity contribution in [1.82, 2.24) is 14.9 Å². The van der Waals surface area contributed by atoms with Gasteiger partial charge in [0.2, 0.25) is 5.91 Å². The first-order valence-electron chi connectivity index (χ1n) is 5.05. The first-order chi connectivity index (χ1) is 6.98. The van der Waals surface area contributed by atoms with E-state index in [1.165, 1.54) is 6.33 Å². The van der Waals surface area contributed by atoms with Crippen LogP contribution in [-0.2, 0) is 17.9 Å². The molecule has 4 nitrogen and oxygen atoms in total. The zero-order chi connectivity index (χ0) is 11.1. The molecule has 0 fully saturated rings. The van der Waals surface area contributed by atoms with E-state index in [9.17, 15) is 4.79 Å². The van der Waals surface area contributed by atoms with E-state index in [-0.39, 0.29) is 11.3 Å². The fraction of sp³-hybridized carbons (Fsp3) is 0.545. The molecule has 0 spiro atoms. The highest BCUT2D eigenvalue weighted by Gasteiger charge is 2.31. The quantitative estimate of drug-likeness (QED) is 0.642. The van der Waals surface area contributed by atoms with Crippen LogP contribution in [-0.4, -0.2) is 20.8 Å². The fourth-order valence-corrected chi connectivity index (χ4v) is 1.72. The van der Waals surface area contributed by atoms with Gasteiger partial charge >= 0.3 is 0 Å². The Labute approximate surface area is 89.3 Å². The average Bonchev–Trinajstić information content (AvgIpc) is 2.58. The third-order valence-electron chi connectivity index (χ3n) is 2.51. The third-order valence-corrected chi connectivity index (χ3v) is 2.51. The van der Waals surface area contributed by atoms with Crippen molar-refractivity contribution in [2.75, 3.05) is 0 Å². The lowest BCUT2D eigenvalue weighted by atomic mass is 9.95. The monoisotopic (exact) mass is 205 g/mol. The van der Waals surface area contributed by atoms with Crippen LogP contribution in [0.3, 0.4) is 0 Å². The topological polar surface area (TPSA) is 46.1 Å². The summed E-state index contributed by atoms with van der Waals surface area (Å²) in [6.07, 6.45) is 3.32. The van der Waals surface area contributed by atoms with Crippen LogP contribution in [0.15, 0.2) is 12.5 Å². The Bertz CT molecular complexity index is 370. The minimum absolute atomic E-state index is 0.167. The van der Waals surface area contributed by atoms with E-state index in [2.05, 4.69) is 9.97 Å². The molecule has 2 rings (SSSR count). The summed E-state index contributed by atoms with van der Waals surface area (Å²) in [5.74, 6) is 0.167. The Kier molecular flexibility index (Phi) is 2.21. The molecule has 0 atom stereocenters. The molecule has 1 aliphatic heterocycles. The maximum atomic E-state index is 12.0. The summed E-state index contributed by atoms with van der Waals surface area (Å²) in [5, 5.41) is 0. The third kappa shape index (κ3) is 1.84. The van der Waals surface area contributed by atoms with Gasteiger partial charge in [0.15, 0.2) is 0 Å². The van der Waals surface area contributed by atoms with Gasteiger partial charge in [0, 0.05) is 23.7 Å². The Morgan fingerprint density at radius 1 is 1.40 bits per heavy atom. The van der Waals surface area contributed by atoms with Gasteiger partial charge in [-0.05, 0) is 0 Å². The summed E-state index contributed by atoms with van der Waals surface area (Å²) >= 11 is 0. The van der Waals surface area contributed by atoms with Crippen LogP contribution >= 0.6 is 0 Å². The van der Waals surface area contributed by atoms with Gasteiger partial charge in [-0.1, -0.05) is 20.8 Å². The molecule has 2 heterocycles. The Morgan fingerprint density at radius 2 is 2.13 bits per heavy atom. The Balaban J connectivity index is 2.17. The molecule has 15 heavy (non-hydrogen) atoms. The molecule has 1 aromatic heterocycles. The smallest absolute Gasteiger partial charge is 0.228 e. The van der Waals surface area contributed by atoms with E-state index in [1.54, 1.807) is 6.20 Å². The standard InChI is InChI=1S/C11H15N3O/c1-11(2,3)10(15)14-5-8-4-12-7-13-9(8)6-14/h4,7H,5-6H2,1-3H3. The molecule has 4 heteroatoms. The van der Waals surface area contributed by atoms with Crippen LogP contribution in [0.4, 0.5) is 0 Å². The molecule has 0 aromatic carbocycles. The number of hydrogen-bond donors (Lipinski definition) is 0. The summed E-state index contributed by atoms with van der Waals surface area (Å²) in [6.45, 7) is 7.07. The molecule has 1 aromatic rings. The first-order valence-corrected chi connectivity index (χ1v) is 5.05. The molecular formula is C11H15N3O. The van der Waals surface area contributed by atoms with E-state index in [0.717, 1.165) is 11.3 Å². The lowest BCUT2D eigenvalue weighted by Gasteiger charge is -2.24. The predicted molar refractivity (Wildman–Crippen MR) is 55.7 cm³/mol. The van der Waals surface area contributed by atoms with Gasteiger partial charge in [0.1, 0.15) is 6.33 Å². The maximum Gasteiger partial charge on any atom is 0.228 e. The van der Waals surface area contributed by atoms with Gasteiger partial charge in [-0.15, -0.1) is 0 Å². The highest BCUT2D eigenvalue weighted by molar-refractivity contribution is 5.82. The van der Waals surface area contributed by atoms with Crippen LogP contribution in [0.25, 0.3) is 0 Å². The van der Waals surface area contributed by atoms with Crippen LogP contribution in [0.2, 0.25) is 0 Å². The van der Waals surface area contributed by atoms with E-state index in [1.807, 2.05) is 25.7 Å². The number of carbonyl (C=O) groups is 1. The fourth-order valence-electron chi connectivity index (χ4n) is 1.72. The largest absolute Gasteiger partial charge is 0.332 e. The van der Waals surface area contributed by atoms with Crippen molar-refractivity contribution < 1.29 is 4.79 Å². The van der Waals surface area contributed by atoms with Gasteiger partial charge < -0.3 is 4.90 Å². The van der Waals surface area contributed by atoms with Crippen molar-refractivity contribution in [2.24, 2.45) is 5.41 Å². The van der Waals surface area contributed by atoms with Crippen molar-refractivity contribution in [2.45, 2.75) is 33.9 Å². The Morgan fingerprint density at radius 3 is 2.73 bits per heavy atom. The number of fused-ring (bicyclic) bond motifs is 1. The van der Waals surface area contributed by atoms with E-state index in [0.29, 0.717) is 13.1 Å². The number of hydrogen-bond acceptors (Lipinski definition) is 3. The second-order valence-electron chi connectivity index (χ2n) is 4.91. The van der Waals surface area contributed by atoms with Gasteiger partial charge in [-0.2, -0.15) is 0 Å². The van der Waals surface area contributed by atoms with Crippen LogP contribution in [0.1, 0.15) is 32.0 Å². The average molecular weight is 205 g/mol. The molecule has 1 amide bonds. The van der Waals surface area contributed by atoms with Crippen LogP contribution in [0, 0.1) is 5.41 Å². The van der Waals surface area contributed by atoms with Gasteiger partial charge in [-0.25, -0.2) is 9.97 Å². The number of amides is 1. The van der Waals surface area contributed by atoms with Crippen molar-refractivity contribution in [1.29, 1.82) is 0 Å². The molecule has 0 bridgehead atoms. The van der Waals surface area contributed by atoms with Gasteiger partial charge in [-0.3, -0.25) is 4.79 Å². The van der Waals surface area contributed by atoms with Gasteiger partial charge in [0.25, 0.3) is 0 Å².